The number of rotatable bonds is 6. The van der Waals surface area contributed by atoms with E-state index in [4.69, 9.17) is 18.6 Å². The molecule has 2 heterocycles. The molecule has 8 nitrogen and oxygen atoms in total. The van der Waals surface area contributed by atoms with Crippen molar-refractivity contribution in [3.8, 4) is 22.9 Å². The van der Waals surface area contributed by atoms with Crippen LogP contribution in [0.5, 0.6) is 11.5 Å². The van der Waals surface area contributed by atoms with E-state index in [1.807, 2.05) is 0 Å². The number of benzene rings is 1. The normalized spacial score (nSPS) is 10.5. The zero-order chi connectivity index (χ0) is 17.8. The second kappa shape index (κ2) is 7.31. The molecular formula is C16H15N3O5S. The van der Waals surface area contributed by atoms with Gasteiger partial charge in [0.2, 0.25) is 0 Å². The predicted molar refractivity (Wildman–Crippen MR) is 88.8 cm³/mol. The first-order valence-electron chi connectivity index (χ1n) is 7.26. The van der Waals surface area contributed by atoms with Crippen molar-refractivity contribution in [3.63, 3.8) is 0 Å². The molecule has 0 unspecified atom stereocenters. The fourth-order valence-corrected chi connectivity index (χ4v) is 2.81. The van der Waals surface area contributed by atoms with Crippen LogP contribution in [0.1, 0.15) is 21.1 Å². The van der Waals surface area contributed by atoms with Crippen molar-refractivity contribution >= 4 is 17.5 Å². The Hall–Kier alpha value is -2.94. The van der Waals surface area contributed by atoms with Gasteiger partial charge in [0, 0.05) is 6.92 Å². The van der Waals surface area contributed by atoms with E-state index in [9.17, 15) is 4.79 Å². The molecule has 0 aliphatic carbocycles. The number of oxazole rings is 1. The molecule has 25 heavy (non-hydrogen) atoms. The summed E-state index contributed by atoms with van der Waals surface area (Å²) in [5.74, 6) is 1.06. The lowest BCUT2D eigenvalue weighted by Crippen LogP contribution is -2.07. The third-order valence-electron chi connectivity index (χ3n) is 3.41. The van der Waals surface area contributed by atoms with E-state index in [0.717, 1.165) is 11.5 Å². The summed E-state index contributed by atoms with van der Waals surface area (Å²) < 4.78 is 24.9. The zero-order valence-electron chi connectivity index (χ0n) is 13.8. The maximum Gasteiger partial charge on any atom is 0.352 e. The highest BCUT2D eigenvalue weighted by molar-refractivity contribution is 7.08. The zero-order valence-corrected chi connectivity index (χ0v) is 14.6. The number of methoxy groups -OCH3 is 2. The van der Waals surface area contributed by atoms with Crippen LogP contribution in [0.3, 0.4) is 0 Å². The van der Waals surface area contributed by atoms with E-state index in [1.165, 1.54) is 20.5 Å². The molecule has 0 atom stereocenters. The molecule has 0 aliphatic rings. The van der Waals surface area contributed by atoms with Gasteiger partial charge in [-0.3, -0.25) is 0 Å². The molecule has 130 valence electrons. The second-order valence-electron chi connectivity index (χ2n) is 4.92. The van der Waals surface area contributed by atoms with Crippen molar-refractivity contribution in [1.29, 1.82) is 0 Å². The first kappa shape index (κ1) is 16.9. The van der Waals surface area contributed by atoms with E-state index in [1.54, 1.807) is 25.1 Å². The fraction of sp³-hybridized carbons (Fsp3) is 0.250. The standard InChI is InChI=1S/C16H15N3O5S/c1-9-17-11(8-23-9)14-15(25-19-18-14)16(20)24-7-10-12(21-2)5-4-6-13(10)22-3/h4-6,8H,7H2,1-3H3. The van der Waals surface area contributed by atoms with Crippen LogP contribution in [0.15, 0.2) is 28.9 Å². The van der Waals surface area contributed by atoms with Gasteiger partial charge >= 0.3 is 5.97 Å². The monoisotopic (exact) mass is 361 g/mol. The molecule has 2 aromatic heterocycles. The van der Waals surface area contributed by atoms with Crippen molar-refractivity contribution in [3.05, 3.63) is 40.8 Å². The molecule has 0 saturated carbocycles. The molecular weight excluding hydrogens is 346 g/mol. The van der Waals surface area contributed by atoms with Crippen LogP contribution in [0.2, 0.25) is 0 Å². The van der Waals surface area contributed by atoms with E-state index < -0.39 is 5.97 Å². The van der Waals surface area contributed by atoms with Crippen molar-refractivity contribution < 1.29 is 23.4 Å². The number of aryl methyl sites for hydroxylation is 1. The summed E-state index contributed by atoms with van der Waals surface area (Å²) in [6.45, 7) is 1.69. The van der Waals surface area contributed by atoms with Crippen molar-refractivity contribution in [2.45, 2.75) is 13.5 Å². The maximum absolute atomic E-state index is 12.4. The Morgan fingerprint density at radius 1 is 1.24 bits per heavy atom. The minimum atomic E-state index is -0.557. The summed E-state index contributed by atoms with van der Waals surface area (Å²) in [7, 11) is 3.08. The summed E-state index contributed by atoms with van der Waals surface area (Å²) in [5.41, 5.74) is 1.41. The summed E-state index contributed by atoms with van der Waals surface area (Å²) >= 11 is 0.937. The lowest BCUT2D eigenvalue weighted by molar-refractivity contribution is 0.0474. The minimum Gasteiger partial charge on any atom is -0.496 e. The van der Waals surface area contributed by atoms with E-state index in [2.05, 4.69) is 14.6 Å². The van der Waals surface area contributed by atoms with Gasteiger partial charge in [-0.2, -0.15) is 0 Å². The van der Waals surface area contributed by atoms with Crippen LogP contribution in [0.4, 0.5) is 0 Å². The third-order valence-corrected chi connectivity index (χ3v) is 4.12. The van der Waals surface area contributed by atoms with Gasteiger partial charge in [0.1, 0.15) is 35.8 Å². The number of hydrogen-bond donors (Lipinski definition) is 0. The molecule has 0 bridgehead atoms. The Bertz CT molecular complexity index is 867. The van der Waals surface area contributed by atoms with Crippen LogP contribution in [-0.4, -0.2) is 34.8 Å². The Morgan fingerprint density at radius 3 is 2.56 bits per heavy atom. The first-order chi connectivity index (χ1) is 12.1. The Kier molecular flexibility index (Phi) is 4.94. The minimum absolute atomic E-state index is 0.0127. The van der Waals surface area contributed by atoms with E-state index >= 15 is 0 Å². The summed E-state index contributed by atoms with van der Waals surface area (Å²) in [5, 5.41) is 3.94. The number of aromatic nitrogens is 3. The Labute approximate surface area is 147 Å². The molecule has 0 radical (unpaired) electrons. The highest BCUT2D eigenvalue weighted by Crippen LogP contribution is 2.30. The summed E-state index contributed by atoms with van der Waals surface area (Å²) in [6, 6.07) is 5.33. The van der Waals surface area contributed by atoms with E-state index in [0.29, 0.717) is 34.3 Å². The molecule has 0 spiro atoms. The molecule has 1 aromatic carbocycles. The van der Waals surface area contributed by atoms with Crippen molar-refractivity contribution in [2.75, 3.05) is 14.2 Å². The van der Waals surface area contributed by atoms with Gasteiger partial charge in [0.25, 0.3) is 0 Å². The maximum atomic E-state index is 12.4. The predicted octanol–water partition coefficient (Wildman–Crippen LogP) is 2.88. The topological polar surface area (TPSA) is 96.6 Å². The summed E-state index contributed by atoms with van der Waals surface area (Å²) in [4.78, 5) is 16.9. The molecule has 0 saturated heterocycles. The van der Waals surface area contributed by atoms with Crippen molar-refractivity contribution in [1.82, 2.24) is 14.6 Å². The van der Waals surface area contributed by atoms with Crippen LogP contribution in [-0.2, 0) is 11.3 Å². The van der Waals surface area contributed by atoms with Crippen LogP contribution >= 0.6 is 11.5 Å². The van der Waals surface area contributed by atoms with Gasteiger partial charge in [-0.25, -0.2) is 9.78 Å². The number of carbonyl (C=O) groups excluding carboxylic acids is 1. The molecule has 0 N–H and O–H groups in total. The molecule has 3 aromatic rings. The Balaban J connectivity index is 1.80. The highest BCUT2D eigenvalue weighted by atomic mass is 32.1. The lowest BCUT2D eigenvalue weighted by atomic mass is 10.2. The average Bonchev–Trinajstić information content (AvgIpc) is 3.27. The Morgan fingerprint density at radius 2 is 1.96 bits per heavy atom. The lowest BCUT2D eigenvalue weighted by Gasteiger charge is -2.12. The average molecular weight is 361 g/mol. The number of ether oxygens (including phenoxy) is 3. The molecule has 0 amide bonds. The summed E-state index contributed by atoms with van der Waals surface area (Å²) in [6.07, 6.45) is 1.42. The largest absolute Gasteiger partial charge is 0.496 e. The highest BCUT2D eigenvalue weighted by Gasteiger charge is 2.22. The van der Waals surface area contributed by atoms with Crippen LogP contribution in [0, 0.1) is 6.92 Å². The quantitative estimate of drug-likeness (QED) is 0.618. The SMILES string of the molecule is COc1cccc(OC)c1COC(=O)c1snnc1-c1coc(C)n1. The molecule has 3 rings (SSSR count). The van der Waals surface area contributed by atoms with Gasteiger partial charge in [-0.15, -0.1) is 5.10 Å². The molecule has 9 heteroatoms. The van der Waals surface area contributed by atoms with Gasteiger partial charge in [0.05, 0.1) is 19.8 Å². The molecule has 0 fully saturated rings. The number of esters is 1. The second-order valence-corrected chi connectivity index (χ2v) is 5.67. The van der Waals surface area contributed by atoms with Gasteiger partial charge in [-0.1, -0.05) is 10.6 Å². The van der Waals surface area contributed by atoms with Crippen LogP contribution < -0.4 is 9.47 Å². The number of nitrogens with zero attached hydrogens (tertiary/aromatic N) is 3. The van der Waals surface area contributed by atoms with E-state index in [-0.39, 0.29) is 11.5 Å². The number of hydrogen-bond acceptors (Lipinski definition) is 9. The molecule has 0 aliphatic heterocycles. The third kappa shape index (κ3) is 3.45. The smallest absolute Gasteiger partial charge is 0.352 e. The van der Waals surface area contributed by atoms with Crippen LogP contribution in [0.25, 0.3) is 11.4 Å². The van der Waals surface area contributed by atoms with Gasteiger partial charge in [-0.05, 0) is 23.7 Å². The first-order valence-corrected chi connectivity index (χ1v) is 8.03. The van der Waals surface area contributed by atoms with Crippen molar-refractivity contribution in [2.24, 2.45) is 0 Å². The number of carbonyl (C=O) groups is 1. The van der Waals surface area contributed by atoms with Gasteiger partial charge < -0.3 is 18.6 Å². The fourth-order valence-electron chi connectivity index (χ4n) is 2.24. The van der Waals surface area contributed by atoms with Gasteiger partial charge in [0.15, 0.2) is 10.8 Å².